The van der Waals surface area contributed by atoms with Crippen molar-refractivity contribution in [3.63, 3.8) is 0 Å². The van der Waals surface area contributed by atoms with Gasteiger partial charge in [-0.25, -0.2) is 4.79 Å². The van der Waals surface area contributed by atoms with E-state index in [0.29, 0.717) is 22.0 Å². The van der Waals surface area contributed by atoms with E-state index >= 15 is 0 Å². The molecule has 0 radical (unpaired) electrons. The molecule has 0 atom stereocenters. The van der Waals surface area contributed by atoms with Crippen LogP contribution in [0.15, 0.2) is 41.8 Å². The standard InChI is InChI=1S/C15H12ClNO3S/c16-12-4-2-1-3-11(12)9-17-15(20)14-10(7-8-21-14)5-6-13(18)19/h1-8H,9H2,(H,17,20)(H,18,19). The van der Waals surface area contributed by atoms with E-state index in [1.54, 1.807) is 17.5 Å². The number of halogens is 1. The normalized spacial score (nSPS) is 10.7. The number of amides is 1. The van der Waals surface area contributed by atoms with Crippen molar-refractivity contribution >= 4 is 40.9 Å². The fourth-order valence-electron chi connectivity index (χ4n) is 1.69. The lowest BCUT2D eigenvalue weighted by atomic mass is 10.2. The predicted molar refractivity (Wildman–Crippen MR) is 83.6 cm³/mol. The van der Waals surface area contributed by atoms with Crippen LogP contribution >= 0.6 is 22.9 Å². The molecule has 0 bridgehead atoms. The molecule has 1 aromatic heterocycles. The van der Waals surface area contributed by atoms with Crippen molar-refractivity contribution in [2.24, 2.45) is 0 Å². The monoisotopic (exact) mass is 321 g/mol. The van der Waals surface area contributed by atoms with Crippen LogP contribution in [0.4, 0.5) is 0 Å². The number of hydrogen-bond donors (Lipinski definition) is 2. The van der Waals surface area contributed by atoms with Gasteiger partial charge in [0.25, 0.3) is 5.91 Å². The van der Waals surface area contributed by atoms with Crippen LogP contribution in [-0.2, 0) is 11.3 Å². The second-order valence-corrected chi connectivity index (χ2v) is 5.47. The zero-order valence-electron chi connectivity index (χ0n) is 10.9. The Labute approximate surface area is 130 Å². The number of carboxylic acids is 1. The molecule has 0 spiro atoms. The smallest absolute Gasteiger partial charge is 0.328 e. The summed E-state index contributed by atoms with van der Waals surface area (Å²) in [7, 11) is 0. The van der Waals surface area contributed by atoms with Gasteiger partial charge in [0.15, 0.2) is 0 Å². The van der Waals surface area contributed by atoms with E-state index in [0.717, 1.165) is 11.6 Å². The molecular weight excluding hydrogens is 310 g/mol. The van der Waals surface area contributed by atoms with Crippen LogP contribution in [0.1, 0.15) is 20.8 Å². The van der Waals surface area contributed by atoms with E-state index in [9.17, 15) is 9.59 Å². The van der Waals surface area contributed by atoms with Gasteiger partial charge in [0, 0.05) is 17.6 Å². The highest BCUT2D eigenvalue weighted by molar-refractivity contribution is 7.12. The van der Waals surface area contributed by atoms with Crippen LogP contribution in [0.3, 0.4) is 0 Å². The minimum atomic E-state index is -1.05. The SMILES string of the molecule is O=C(O)C=Cc1ccsc1C(=O)NCc1ccccc1Cl. The molecule has 2 aromatic rings. The Morgan fingerprint density at radius 1 is 1.29 bits per heavy atom. The van der Waals surface area contributed by atoms with Gasteiger partial charge in [-0.05, 0) is 34.7 Å². The molecule has 6 heteroatoms. The molecule has 1 heterocycles. The van der Waals surface area contributed by atoms with E-state index in [-0.39, 0.29) is 5.91 Å². The van der Waals surface area contributed by atoms with Crippen molar-refractivity contribution in [2.45, 2.75) is 6.54 Å². The molecule has 0 aliphatic carbocycles. The van der Waals surface area contributed by atoms with Crippen molar-refractivity contribution < 1.29 is 14.7 Å². The van der Waals surface area contributed by atoms with Crippen molar-refractivity contribution in [2.75, 3.05) is 0 Å². The lowest BCUT2D eigenvalue weighted by Gasteiger charge is -2.06. The first-order valence-corrected chi connectivity index (χ1v) is 7.34. The second kappa shape index (κ2) is 7.06. The first-order valence-electron chi connectivity index (χ1n) is 6.08. The van der Waals surface area contributed by atoms with E-state index in [2.05, 4.69) is 5.32 Å². The number of nitrogens with one attached hydrogen (secondary N) is 1. The highest BCUT2D eigenvalue weighted by Gasteiger charge is 2.12. The lowest BCUT2D eigenvalue weighted by Crippen LogP contribution is -2.22. The number of carbonyl (C=O) groups excluding carboxylic acids is 1. The summed E-state index contributed by atoms with van der Waals surface area (Å²) in [6.45, 7) is 0.318. The van der Waals surface area contributed by atoms with Crippen molar-refractivity contribution in [3.8, 4) is 0 Å². The van der Waals surface area contributed by atoms with Crippen molar-refractivity contribution in [1.82, 2.24) is 5.32 Å². The zero-order chi connectivity index (χ0) is 15.2. The Balaban J connectivity index is 2.06. The lowest BCUT2D eigenvalue weighted by molar-refractivity contribution is -0.131. The first kappa shape index (κ1) is 15.3. The molecule has 0 saturated heterocycles. The average molecular weight is 322 g/mol. The van der Waals surface area contributed by atoms with E-state index < -0.39 is 5.97 Å². The molecule has 108 valence electrons. The third-order valence-electron chi connectivity index (χ3n) is 2.70. The van der Waals surface area contributed by atoms with Gasteiger partial charge in [0.05, 0.1) is 4.88 Å². The Morgan fingerprint density at radius 3 is 2.76 bits per heavy atom. The fraction of sp³-hybridized carbons (Fsp3) is 0.0667. The summed E-state index contributed by atoms with van der Waals surface area (Å²) in [6, 6.07) is 8.97. The first-order chi connectivity index (χ1) is 10.1. The number of carbonyl (C=O) groups is 2. The fourth-order valence-corrected chi connectivity index (χ4v) is 2.70. The number of aliphatic carboxylic acids is 1. The highest BCUT2D eigenvalue weighted by Crippen LogP contribution is 2.19. The van der Waals surface area contributed by atoms with Crippen molar-refractivity contribution in [3.05, 3.63) is 62.8 Å². The van der Waals surface area contributed by atoms with Gasteiger partial charge in [-0.1, -0.05) is 29.8 Å². The maximum absolute atomic E-state index is 12.1. The maximum Gasteiger partial charge on any atom is 0.328 e. The number of carboxylic acid groups (broad SMARTS) is 1. The minimum Gasteiger partial charge on any atom is -0.478 e. The van der Waals surface area contributed by atoms with Gasteiger partial charge in [-0.3, -0.25) is 4.79 Å². The third-order valence-corrected chi connectivity index (χ3v) is 4.00. The van der Waals surface area contributed by atoms with E-state index in [4.69, 9.17) is 16.7 Å². The number of thiophene rings is 1. The van der Waals surface area contributed by atoms with Gasteiger partial charge >= 0.3 is 5.97 Å². The number of hydrogen-bond acceptors (Lipinski definition) is 3. The third kappa shape index (κ3) is 4.18. The molecule has 1 amide bonds. The summed E-state index contributed by atoms with van der Waals surface area (Å²) in [4.78, 5) is 23.1. The Morgan fingerprint density at radius 2 is 2.05 bits per heavy atom. The van der Waals surface area contributed by atoms with Crippen molar-refractivity contribution in [1.29, 1.82) is 0 Å². The molecule has 4 nitrogen and oxygen atoms in total. The summed E-state index contributed by atoms with van der Waals surface area (Å²) in [5, 5.41) is 13.7. The molecule has 2 N–H and O–H groups in total. The molecule has 0 aliphatic rings. The topological polar surface area (TPSA) is 66.4 Å². The van der Waals surface area contributed by atoms with Crippen LogP contribution in [0.5, 0.6) is 0 Å². The van der Waals surface area contributed by atoms with Gasteiger partial charge < -0.3 is 10.4 Å². The molecule has 2 rings (SSSR count). The van der Waals surface area contributed by atoms with Crippen LogP contribution in [0.2, 0.25) is 5.02 Å². The van der Waals surface area contributed by atoms with Crippen LogP contribution < -0.4 is 5.32 Å². The highest BCUT2D eigenvalue weighted by atomic mass is 35.5. The second-order valence-electron chi connectivity index (χ2n) is 4.15. The van der Waals surface area contributed by atoms with Gasteiger partial charge in [0.2, 0.25) is 0 Å². The van der Waals surface area contributed by atoms with Gasteiger partial charge in [-0.2, -0.15) is 0 Å². The largest absolute Gasteiger partial charge is 0.478 e. The molecule has 0 unspecified atom stereocenters. The summed E-state index contributed by atoms with van der Waals surface area (Å²) in [5.74, 6) is -1.31. The number of rotatable bonds is 5. The molecule has 1 aromatic carbocycles. The summed E-state index contributed by atoms with van der Waals surface area (Å²) in [6.07, 6.45) is 2.41. The van der Waals surface area contributed by atoms with E-state index in [1.165, 1.54) is 17.4 Å². The zero-order valence-corrected chi connectivity index (χ0v) is 12.4. The van der Waals surface area contributed by atoms with E-state index in [1.807, 2.05) is 18.2 Å². The minimum absolute atomic E-state index is 0.255. The Kier molecular flexibility index (Phi) is 5.14. The van der Waals surface area contributed by atoms with Crippen LogP contribution in [0, 0.1) is 0 Å². The molecule has 0 aliphatic heterocycles. The Hall–Kier alpha value is -2.11. The quantitative estimate of drug-likeness (QED) is 0.829. The average Bonchev–Trinajstić information content (AvgIpc) is 2.92. The maximum atomic E-state index is 12.1. The summed E-state index contributed by atoms with van der Waals surface area (Å²) >= 11 is 7.28. The molecular formula is C15H12ClNO3S. The summed E-state index contributed by atoms with van der Waals surface area (Å²) in [5.41, 5.74) is 1.41. The van der Waals surface area contributed by atoms with Gasteiger partial charge in [-0.15, -0.1) is 11.3 Å². The predicted octanol–water partition coefficient (Wildman–Crippen LogP) is 3.43. The molecule has 21 heavy (non-hydrogen) atoms. The van der Waals surface area contributed by atoms with Gasteiger partial charge in [0.1, 0.15) is 0 Å². The van der Waals surface area contributed by atoms with Crippen LogP contribution in [-0.4, -0.2) is 17.0 Å². The van der Waals surface area contributed by atoms with Crippen LogP contribution in [0.25, 0.3) is 6.08 Å². The summed E-state index contributed by atoms with van der Waals surface area (Å²) < 4.78 is 0. The molecule has 0 fully saturated rings. The number of benzene rings is 1. The Bertz CT molecular complexity index is 694. The molecule has 0 saturated carbocycles.